The number of halogens is 1. The molecule has 5 aliphatic rings. The maximum atomic E-state index is 13.4. The molecule has 2 aliphatic heterocycles. The highest BCUT2D eigenvalue weighted by Crippen LogP contribution is 2.52. The lowest BCUT2D eigenvalue weighted by Crippen LogP contribution is -2.38. The van der Waals surface area contributed by atoms with E-state index in [4.69, 9.17) is 21.1 Å². The summed E-state index contributed by atoms with van der Waals surface area (Å²) in [5, 5.41) is 13.4. The topological polar surface area (TPSA) is 91.3 Å². The van der Waals surface area contributed by atoms with Crippen LogP contribution in [0.5, 0.6) is 0 Å². The van der Waals surface area contributed by atoms with Gasteiger partial charge >= 0.3 is 5.97 Å². The lowest BCUT2D eigenvalue weighted by molar-refractivity contribution is -0.138. The molecule has 8 nitrogen and oxygen atoms in total. The molecule has 2 saturated heterocycles. The number of likely N-dealkylation sites (tertiary alicyclic amines) is 1. The average Bonchev–Trinajstić information content (AvgIpc) is 3.04. The minimum absolute atomic E-state index is 0.267. The van der Waals surface area contributed by atoms with Gasteiger partial charge in [0.1, 0.15) is 11.6 Å². The molecule has 6 rings (SSSR count). The van der Waals surface area contributed by atoms with Crippen molar-refractivity contribution >= 4 is 34.7 Å². The van der Waals surface area contributed by atoms with Crippen LogP contribution in [-0.2, 0) is 24.5 Å². The van der Waals surface area contributed by atoms with Gasteiger partial charge in [-0.15, -0.1) is 11.6 Å². The third kappa shape index (κ3) is 7.73. The van der Waals surface area contributed by atoms with Crippen LogP contribution in [0.15, 0.2) is 76.6 Å². The summed E-state index contributed by atoms with van der Waals surface area (Å²) in [6.07, 6.45) is 19.6. The van der Waals surface area contributed by atoms with E-state index >= 15 is 0 Å². The number of anilines is 1. The van der Waals surface area contributed by atoms with Crippen LogP contribution in [0.4, 0.5) is 5.69 Å². The fourth-order valence-corrected chi connectivity index (χ4v) is 7.26. The fourth-order valence-electron chi connectivity index (χ4n) is 7.07. The molecular weight excluding hydrogens is 638 g/mol. The number of hydrogen-bond acceptors (Lipinski definition) is 6. The van der Waals surface area contributed by atoms with Crippen LogP contribution in [-0.4, -0.2) is 86.9 Å². The second-order valence-corrected chi connectivity index (χ2v) is 14.2. The van der Waals surface area contributed by atoms with Crippen molar-refractivity contribution in [3.63, 3.8) is 0 Å². The van der Waals surface area contributed by atoms with E-state index in [0.717, 1.165) is 85.4 Å². The second kappa shape index (κ2) is 15.9. The molecular formula is C40H49ClN3O5+. The first-order chi connectivity index (χ1) is 23.8. The number of carboxylic acids is 1. The van der Waals surface area contributed by atoms with E-state index in [2.05, 4.69) is 59.3 Å². The number of nitrogens with one attached hydrogen (secondary N) is 1. The first-order valence-corrected chi connectivity index (χ1v) is 18.4. The third-order valence-electron chi connectivity index (χ3n) is 10.2. The minimum atomic E-state index is -0.956. The minimum Gasteiger partial charge on any atom is -0.481 e. The zero-order valence-electron chi connectivity index (χ0n) is 28.9. The maximum absolute atomic E-state index is 13.4. The van der Waals surface area contributed by atoms with E-state index in [-0.39, 0.29) is 11.3 Å². The van der Waals surface area contributed by atoms with Gasteiger partial charge < -0.3 is 29.7 Å². The van der Waals surface area contributed by atoms with Gasteiger partial charge in [-0.3, -0.25) is 9.59 Å². The molecule has 0 aromatic heterocycles. The number of amides is 1. The first kappa shape index (κ1) is 35.2. The summed E-state index contributed by atoms with van der Waals surface area (Å²) < 4.78 is 11.3. The first-order valence-electron chi connectivity index (χ1n) is 17.9. The molecule has 1 aromatic carbocycles. The Morgan fingerprint density at radius 2 is 1.71 bits per heavy atom. The number of benzene rings is 1. The second-order valence-electron chi connectivity index (χ2n) is 13.9. The van der Waals surface area contributed by atoms with Crippen molar-refractivity contribution in [1.29, 1.82) is 0 Å². The number of hydrogen-bond donors (Lipinski definition) is 2. The number of carbonyl (C=O) groups excluding carboxylic acids is 1. The van der Waals surface area contributed by atoms with Crippen LogP contribution in [0, 0.1) is 12.0 Å². The number of allylic oxidation sites excluding steroid dienone is 7. The van der Waals surface area contributed by atoms with Gasteiger partial charge in [-0.2, -0.15) is 0 Å². The van der Waals surface area contributed by atoms with Crippen molar-refractivity contribution in [1.82, 2.24) is 10.2 Å². The van der Waals surface area contributed by atoms with Gasteiger partial charge in [0, 0.05) is 73.7 Å². The number of rotatable bonds is 16. The van der Waals surface area contributed by atoms with Gasteiger partial charge in [-0.05, 0) is 69.4 Å². The molecule has 2 N–H and O–H groups in total. The molecule has 2 heterocycles. The summed E-state index contributed by atoms with van der Waals surface area (Å²) in [6.45, 7) is 11.0. The number of carboxylic acid groups (broad SMARTS) is 1. The average molecular weight is 687 g/mol. The van der Waals surface area contributed by atoms with E-state index < -0.39 is 11.9 Å². The Kier molecular flexibility index (Phi) is 11.4. The largest absolute Gasteiger partial charge is 0.481 e. The van der Waals surface area contributed by atoms with Crippen molar-refractivity contribution in [2.75, 3.05) is 69.9 Å². The Morgan fingerprint density at radius 1 is 0.980 bits per heavy atom. The fraction of sp³-hybridized carbons (Fsp3) is 0.500. The van der Waals surface area contributed by atoms with Crippen molar-refractivity contribution in [3.05, 3.63) is 93.8 Å². The van der Waals surface area contributed by atoms with Gasteiger partial charge in [0.05, 0.1) is 48.5 Å². The highest BCUT2D eigenvalue weighted by molar-refractivity contribution is 6.17. The summed E-state index contributed by atoms with van der Waals surface area (Å²) in [5.74, 6) is -1.42. The molecule has 1 aromatic rings. The molecule has 0 bridgehead atoms. The highest BCUT2D eigenvalue weighted by Gasteiger charge is 2.46. The number of unbranched alkanes of at least 4 members (excludes halogenated alkanes) is 3. The van der Waals surface area contributed by atoms with Crippen LogP contribution in [0.25, 0.3) is 5.57 Å². The molecule has 1 atom stereocenters. The van der Waals surface area contributed by atoms with Gasteiger partial charge in [0.2, 0.25) is 0 Å². The van der Waals surface area contributed by atoms with E-state index in [1.165, 1.54) is 18.5 Å². The van der Waals surface area contributed by atoms with Crippen LogP contribution >= 0.6 is 11.6 Å². The molecule has 2 fully saturated rings. The van der Waals surface area contributed by atoms with Gasteiger partial charge in [-0.1, -0.05) is 25.0 Å². The number of aliphatic carboxylic acids is 1. The standard InChI is InChI=1S/C40H48ClN3O5/c1-40(2)35-26-29(43-17-7-18-43)10-13-32(35)37(33-14-11-30(27-36(33)40)44-19-8-20-44)34-25-28(9-12-31(34)39(46)47)38(45)42-16-22-49-24-23-48-21-6-4-3-5-15-41/h9-13,25-27,31H,3-8,15-24H2,1-2H3,(H-,42,45,46,47)/p+1. The molecule has 0 spiro atoms. The molecule has 1 amide bonds. The Balaban J connectivity index is 1.23. The quantitative estimate of drug-likeness (QED) is 0.119. The Morgan fingerprint density at radius 3 is 2.41 bits per heavy atom. The molecule has 1 unspecified atom stereocenters. The van der Waals surface area contributed by atoms with Crippen molar-refractivity contribution in [3.8, 4) is 0 Å². The molecule has 9 heteroatoms. The number of ether oxygens (including phenoxy) is 2. The van der Waals surface area contributed by atoms with Gasteiger partial charge in [0.25, 0.3) is 5.91 Å². The van der Waals surface area contributed by atoms with E-state index in [1.807, 2.05) is 6.08 Å². The summed E-state index contributed by atoms with van der Waals surface area (Å²) in [6, 6.07) is 6.57. The third-order valence-corrected chi connectivity index (χ3v) is 10.5. The summed E-state index contributed by atoms with van der Waals surface area (Å²) in [5.41, 5.74) is 8.02. The summed E-state index contributed by atoms with van der Waals surface area (Å²) in [4.78, 5) is 30.9. The molecule has 49 heavy (non-hydrogen) atoms. The molecule has 0 saturated carbocycles. The Hall–Kier alpha value is -3.68. The molecule has 0 radical (unpaired) electrons. The molecule has 3 aliphatic carbocycles. The van der Waals surface area contributed by atoms with E-state index in [1.54, 1.807) is 18.2 Å². The normalized spacial score (nSPS) is 22.0. The number of fused-ring (bicyclic) bond motifs is 1. The van der Waals surface area contributed by atoms with Crippen molar-refractivity contribution in [2.24, 2.45) is 5.92 Å². The summed E-state index contributed by atoms with van der Waals surface area (Å²) in [7, 11) is 0. The number of nitrogens with zero attached hydrogens (tertiary/aromatic N) is 2. The predicted molar refractivity (Wildman–Crippen MR) is 195 cm³/mol. The Labute approximate surface area is 295 Å². The maximum Gasteiger partial charge on any atom is 0.315 e. The van der Waals surface area contributed by atoms with Crippen molar-refractivity contribution < 1.29 is 24.2 Å². The Bertz CT molecular complexity index is 1610. The summed E-state index contributed by atoms with van der Waals surface area (Å²) >= 11 is 5.71. The lowest BCUT2D eigenvalue weighted by Gasteiger charge is -2.38. The number of carbonyl (C=O) groups is 2. The highest BCUT2D eigenvalue weighted by atomic mass is 35.5. The van der Waals surface area contributed by atoms with Gasteiger partial charge in [-0.25, -0.2) is 0 Å². The van der Waals surface area contributed by atoms with Gasteiger partial charge in [0.15, 0.2) is 5.57 Å². The monoisotopic (exact) mass is 686 g/mol. The van der Waals surface area contributed by atoms with Crippen LogP contribution in [0.1, 0.15) is 63.5 Å². The number of alkyl halides is 1. The SMILES string of the molecule is CC1(C)C2=C([C+]=CC(N3CCC3)=C2)C(=C2C=C(C(=O)NCCOCCOCCCCCCCl)C=CC2C(=O)O)c2ccc(N3CCC3)cc21. The van der Waals surface area contributed by atoms with E-state index in [9.17, 15) is 14.7 Å². The lowest BCUT2D eigenvalue weighted by atomic mass is 9.64. The van der Waals surface area contributed by atoms with E-state index in [0.29, 0.717) is 50.0 Å². The zero-order valence-corrected chi connectivity index (χ0v) is 29.6. The van der Waals surface area contributed by atoms with Crippen LogP contribution in [0.2, 0.25) is 0 Å². The predicted octanol–water partition coefficient (Wildman–Crippen LogP) is 6.35. The zero-order chi connectivity index (χ0) is 34.4. The van der Waals surface area contributed by atoms with Crippen LogP contribution in [0.3, 0.4) is 0 Å². The van der Waals surface area contributed by atoms with Crippen LogP contribution < -0.4 is 10.2 Å². The van der Waals surface area contributed by atoms with Crippen molar-refractivity contribution in [2.45, 2.75) is 57.8 Å². The smallest absolute Gasteiger partial charge is 0.315 e. The molecule has 260 valence electrons.